The van der Waals surface area contributed by atoms with E-state index in [0.29, 0.717) is 4.48 Å². The second-order valence-electron chi connectivity index (χ2n) is 5.07. The number of rotatable bonds is 5. The molecule has 0 aromatic heterocycles. The lowest BCUT2D eigenvalue weighted by atomic mass is 9.93. The minimum Gasteiger partial charge on any atom is -0.500 e. The number of thioether (sulfide) groups is 1. The van der Waals surface area contributed by atoms with Crippen LogP contribution >= 0.6 is 27.7 Å². The predicted molar refractivity (Wildman–Crippen MR) is 89.8 cm³/mol. The summed E-state index contributed by atoms with van der Waals surface area (Å²) < 4.78 is 11.0. The van der Waals surface area contributed by atoms with Crippen molar-refractivity contribution in [2.45, 2.75) is 24.3 Å². The SMILES string of the molecule is COC1=C(Br)C(=O)C(SCc2ccc(OC)cc2)C(C)C1. The third-order valence-electron chi connectivity index (χ3n) is 3.58. The molecule has 2 rings (SSSR count). The fourth-order valence-corrected chi connectivity index (χ4v) is 4.31. The second kappa shape index (κ2) is 7.36. The summed E-state index contributed by atoms with van der Waals surface area (Å²) in [5, 5.41) is -0.0274. The van der Waals surface area contributed by atoms with Crippen molar-refractivity contribution in [1.82, 2.24) is 0 Å². The summed E-state index contributed by atoms with van der Waals surface area (Å²) >= 11 is 5.05. The summed E-state index contributed by atoms with van der Waals surface area (Å²) in [6, 6.07) is 7.96. The van der Waals surface area contributed by atoms with Gasteiger partial charge in [0.15, 0.2) is 5.78 Å². The van der Waals surface area contributed by atoms with Gasteiger partial charge in [0, 0.05) is 12.2 Å². The Kier molecular flexibility index (Phi) is 5.76. The zero-order valence-corrected chi connectivity index (χ0v) is 14.8. The first kappa shape index (κ1) is 16.4. The lowest BCUT2D eigenvalue weighted by Crippen LogP contribution is -2.31. The molecule has 1 aromatic carbocycles. The number of allylic oxidation sites excluding steroid dienone is 2. The van der Waals surface area contributed by atoms with Gasteiger partial charge in [0.25, 0.3) is 0 Å². The molecule has 1 aliphatic carbocycles. The normalized spacial score (nSPS) is 22.4. The quantitative estimate of drug-likeness (QED) is 0.779. The summed E-state index contributed by atoms with van der Waals surface area (Å²) in [6.07, 6.45) is 0.795. The molecule has 0 fully saturated rings. The van der Waals surface area contributed by atoms with Crippen LogP contribution in [-0.2, 0) is 15.3 Å². The van der Waals surface area contributed by atoms with Gasteiger partial charge in [0.05, 0.1) is 24.0 Å². The topological polar surface area (TPSA) is 35.5 Å². The monoisotopic (exact) mass is 370 g/mol. The van der Waals surface area contributed by atoms with Crippen LogP contribution in [0.2, 0.25) is 0 Å². The van der Waals surface area contributed by atoms with Gasteiger partial charge >= 0.3 is 0 Å². The number of carbonyl (C=O) groups is 1. The Morgan fingerprint density at radius 2 is 1.90 bits per heavy atom. The Morgan fingerprint density at radius 1 is 1.24 bits per heavy atom. The number of ketones is 1. The van der Waals surface area contributed by atoms with E-state index in [9.17, 15) is 4.79 Å². The Morgan fingerprint density at radius 3 is 2.48 bits per heavy atom. The van der Waals surface area contributed by atoms with Crippen LogP contribution < -0.4 is 4.74 Å². The first-order valence-corrected chi connectivity index (χ1v) is 8.62. The minimum atomic E-state index is -0.0274. The fourth-order valence-electron chi connectivity index (χ4n) is 2.33. The van der Waals surface area contributed by atoms with Gasteiger partial charge in [-0.1, -0.05) is 19.1 Å². The van der Waals surface area contributed by atoms with Crippen LogP contribution in [0.1, 0.15) is 18.9 Å². The van der Waals surface area contributed by atoms with E-state index in [4.69, 9.17) is 9.47 Å². The number of hydrogen-bond donors (Lipinski definition) is 0. The number of methoxy groups -OCH3 is 2. The maximum Gasteiger partial charge on any atom is 0.186 e. The van der Waals surface area contributed by atoms with Gasteiger partial charge in [-0.2, -0.15) is 0 Å². The third-order valence-corrected chi connectivity index (χ3v) is 5.95. The molecule has 2 unspecified atom stereocenters. The number of hydrogen-bond acceptors (Lipinski definition) is 4. The maximum absolute atomic E-state index is 12.4. The average Bonchev–Trinajstić information content (AvgIpc) is 2.51. The number of halogens is 1. The van der Waals surface area contributed by atoms with Gasteiger partial charge in [0.2, 0.25) is 0 Å². The molecule has 0 saturated carbocycles. The van der Waals surface area contributed by atoms with E-state index in [2.05, 4.69) is 22.9 Å². The summed E-state index contributed by atoms with van der Waals surface area (Å²) in [4.78, 5) is 12.4. The molecule has 114 valence electrons. The van der Waals surface area contributed by atoms with Gasteiger partial charge in [-0.05, 0) is 39.5 Å². The molecule has 0 saturated heterocycles. The molecular formula is C16H19BrO3S. The Bertz CT molecular complexity index is 539. The molecule has 3 nitrogen and oxygen atoms in total. The third kappa shape index (κ3) is 3.83. The predicted octanol–water partition coefficient (Wildman–Crippen LogP) is 4.16. The summed E-state index contributed by atoms with van der Waals surface area (Å²) in [7, 11) is 3.27. The number of Topliss-reactive ketones (excluding diaryl/α,β-unsaturated/α-hetero) is 1. The minimum absolute atomic E-state index is 0.0274. The molecule has 0 amide bonds. The van der Waals surface area contributed by atoms with E-state index in [1.165, 1.54) is 5.56 Å². The van der Waals surface area contributed by atoms with Crippen molar-refractivity contribution < 1.29 is 14.3 Å². The van der Waals surface area contributed by atoms with Gasteiger partial charge in [-0.25, -0.2) is 0 Å². The highest BCUT2D eigenvalue weighted by Crippen LogP contribution is 2.38. The molecule has 5 heteroatoms. The van der Waals surface area contributed by atoms with Crippen molar-refractivity contribution in [3.05, 3.63) is 40.1 Å². The molecular weight excluding hydrogens is 352 g/mol. The molecule has 0 spiro atoms. The second-order valence-corrected chi connectivity index (χ2v) is 6.99. The van der Waals surface area contributed by atoms with Gasteiger partial charge in [-0.15, -0.1) is 11.8 Å². The van der Waals surface area contributed by atoms with Crippen LogP contribution in [0, 0.1) is 5.92 Å². The molecule has 0 bridgehead atoms. The lowest BCUT2D eigenvalue weighted by molar-refractivity contribution is -0.115. The van der Waals surface area contributed by atoms with E-state index in [0.717, 1.165) is 23.7 Å². The lowest BCUT2D eigenvalue weighted by Gasteiger charge is -2.28. The first-order valence-electron chi connectivity index (χ1n) is 6.78. The van der Waals surface area contributed by atoms with Crippen LogP contribution in [0.5, 0.6) is 5.75 Å². The van der Waals surface area contributed by atoms with Gasteiger partial charge < -0.3 is 9.47 Å². The summed E-state index contributed by atoms with van der Waals surface area (Å²) in [5.74, 6) is 2.82. The van der Waals surface area contributed by atoms with Crippen molar-refractivity contribution >= 4 is 33.5 Å². The smallest absolute Gasteiger partial charge is 0.186 e. The van der Waals surface area contributed by atoms with E-state index in [1.54, 1.807) is 26.0 Å². The number of ether oxygens (including phenoxy) is 2. The molecule has 0 heterocycles. The molecule has 2 atom stereocenters. The summed E-state index contributed by atoms with van der Waals surface area (Å²) in [5.41, 5.74) is 1.19. The fraction of sp³-hybridized carbons (Fsp3) is 0.438. The first-order chi connectivity index (χ1) is 10.1. The van der Waals surface area contributed by atoms with Crippen molar-refractivity contribution in [1.29, 1.82) is 0 Å². The Hall–Kier alpha value is -0.940. The van der Waals surface area contributed by atoms with E-state index < -0.39 is 0 Å². The van der Waals surface area contributed by atoms with Crippen LogP contribution in [0.4, 0.5) is 0 Å². The van der Waals surface area contributed by atoms with Crippen molar-refractivity contribution in [2.24, 2.45) is 5.92 Å². The van der Waals surface area contributed by atoms with E-state index in [1.807, 2.05) is 24.3 Å². The van der Waals surface area contributed by atoms with Crippen LogP contribution in [0.3, 0.4) is 0 Å². The molecule has 21 heavy (non-hydrogen) atoms. The molecule has 0 N–H and O–H groups in total. The number of carbonyl (C=O) groups excluding carboxylic acids is 1. The highest BCUT2D eigenvalue weighted by atomic mass is 79.9. The van der Waals surface area contributed by atoms with Crippen molar-refractivity contribution in [2.75, 3.05) is 14.2 Å². The average molecular weight is 371 g/mol. The van der Waals surface area contributed by atoms with Crippen LogP contribution in [0.15, 0.2) is 34.5 Å². The van der Waals surface area contributed by atoms with E-state index >= 15 is 0 Å². The summed E-state index contributed by atoms with van der Waals surface area (Å²) in [6.45, 7) is 2.10. The number of benzene rings is 1. The van der Waals surface area contributed by atoms with Crippen LogP contribution in [0.25, 0.3) is 0 Å². The van der Waals surface area contributed by atoms with E-state index in [-0.39, 0.29) is 17.0 Å². The van der Waals surface area contributed by atoms with Gasteiger partial charge in [-0.3, -0.25) is 4.79 Å². The zero-order chi connectivity index (χ0) is 15.4. The zero-order valence-electron chi connectivity index (χ0n) is 12.4. The van der Waals surface area contributed by atoms with Crippen molar-refractivity contribution in [3.63, 3.8) is 0 Å². The van der Waals surface area contributed by atoms with Gasteiger partial charge in [0.1, 0.15) is 11.5 Å². The molecule has 1 aromatic rings. The largest absolute Gasteiger partial charge is 0.500 e. The maximum atomic E-state index is 12.4. The highest BCUT2D eigenvalue weighted by molar-refractivity contribution is 9.12. The Labute approximate surface area is 138 Å². The van der Waals surface area contributed by atoms with Crippen LogP contribution in [-0.4, -0.2) is 25.3 Å². The molecule has 0 aliphatic heterocycles. The standard InChI is InChI=1S/C16H19BrO3S/c1-10-8-13(20-3)14(17)15(18)16(10)21-9-11-4-6-12(19-2)7-5-11/h4-7,10,16H,8-9H2,1-3H3. The molecule has 1 aliphatic rings. The molecule has 0 radical (unpaired) electrons. The Balaban J connectivity index is 2.02. The van der Waals surface area contributed by atoms with Crippen molar-refractivity contribution in [3.8, 4) is 5.75 Å². The highest BCUT2D eigenvalue weighted by Gasteiger charge is 2.34.